The lowest BCUT2D eigenvalue weighted by Gasteiger charge is -2.28. The van der Waals surface area contributed by atoms with Gasteiger partial charge in [-0.3, -0.25) is 14.2 Å². The number of hydrogen-bond acceptors (Lipinski definition) is 8. The van der Waals surface area contributed by atoms with Gasteiger partial charge in [-0.15, -0.1) is 0 Å². The summed E-state index contributed by atoms with van der Waals surface area (Å²) < 4.78 is 33.7. The van der Waals surface area contributed by atoms with E-state index in [2.05, 4.69) is 26.0 Å². The lowest BCUT2D eigenvalue weighted by molar-refractivity contribution is -0.870. The monoisotopic (exact) mass is 704 g/mol. The molecule has 0 saturated heterocycles. The van der Waals surface area contributed by atoms with Crippen LogP contribution in [-0.4, -0.2) is 70.0 Å². The van der Waals surface area contributed by atoms with Crippen LogP contribution in [0.15, 0.2) is 12.2 Å². The summed E-state index contributed by atoms with van der Waals surface area (Å²) in [5, 5.41) is 0. The van der Waals surface area contributed by atoms with Crippen LogP contribution in [0, 0.1) is 0 Å². The summed E-state index contributed by atoms with van der Waals surface area (Å²) >= 11 is 0. The Balaban J connectivity index is 4.42. The molecule has 284 valence electrons. The van der Waals surface area contributed by atoms with Crippen LogP contribution >= 0.6 is 7.82 Å². The number of ether oxygens (including phenoxy) is 2. The third-order valence-corrected chi connectivity index (χ3v) is 9.25. The lowest BCUT2D eigenvalue weighted by atomic mass is 10.1. The fourth-order valence-electron chi connectivity index (χ4n) is 5.18. The van der Waals surface area contributed by atoms with Crippen molar-refractivity contribution in [2.24, 2.45) is 0 Å². The predicted octanol–water partition coefficient (Wildman–Crippen LogP) is 9.61. The molecule has 0 amide bonds. The van der Waals surface area contributed by atoms with Gasteiger partial charge in [0.2, 0.25) is 0 Å². The van der Waals surface area contributed by atoms with Crippen molar-refractivity contribution in [3.05, 3.63) is 12.2 Å². The van der Waals surface area contributed by atoms with Gasteiger partial charge in [-0.2, -0.15) is 0 Å². The lowest BCUT2D eigenvalue weighted by Crippen LogP contribution is -2.37. The summed E-state index contributed by atoms with van der Waals surface area (Å²) in [5.74, 6) is -0.844. The number of phosphoric ester groups is 1. The van der Waals surface area contributed by atoms with Crippen molar-refractivity contribution in [1.82, 2.24) is 0 Å². The molecule has 0 saturated carbocycles. The minimum Gasteiger partial charge on any atom is -0.756 e. The molecule has 9 nitrogen and oxygen atoms in total. The molecule has 0 radical (unpaired) electrons. The molecule has 0 aliphatic heterocycles. The van der Waals surface area contributed by atoms with Crippen molar-refractivity contribution in [1.29, 1.82) is 0 Å². The Bertz CT molecular complexity index is 845. The highest BCUT2D eigenvalue weighted by molar-refractivity contribution is 7.45. The van der Waals surface area contributed by atoms with Gasteiger partial charge in [-0.25, -0.2) is 0 Å². The van der Waals surface area contributed by atoms with Crippen LogP contribution in [0.25, 0.3) is 0 Å². The van der Waals surface area contributed by atoms with Gasteiger partial charge < -0.3 is 27.9 Å². The molecule has 0 fully saturated rings. The summed E-state index contributed by atoms with van der Waals surface area (Å²) in [6, 6.07) is 0. The average Bonchev–Trinajstić information content (AvgIpc) is 3.02. The number of likely N-dealkylation sites (N-methyl/N-ethyl adjacent to an activating group) is 1. The van der Waals surface area contributed by atoms with E-state index in [1.807, 2.05) is 21.1 Å². The second kappa shape index (κ2) is 31.7. The molecule has 0 aromatic rings. The quantitative estimate of drug-likeness (QED) is 0.0211. The Labute approximate surface area is 295 Å². The Morgan fingerprint density at radius 2 is 1.06 bits per heavy atom. The number of unbranched alkanes of at least 4 members (excludes halogenated alkanes) is 19. The zero-order valence-electron chi connectivity index (χ0n) is 31.7. The highest BCUT2D eigenvalue weighted by Crippen LogP contribution is 2.38. The van der Waals surface area contributed by atoms with Crippen molar-refractivity contribution >= 4 is 19.8 Å². The standard InChI is InChI=1S/C38H74NO8P/c1-6-8-10-12-14-16-17-18-19-20-21-23-25-27-29-31-38(41)47-36(35-46-48(42,43)45-33-32-39(3,4)5)34-44-37(40)30-28-26-24-22-15-13-11-9-7-2/h18-19,36H,6-17,20-35H2,1-5H3/b19-18-. The van der Waals surface area contributed by atoms with E-state index in [0.717, 1.165) is 51.4 Å². The Morgan fingerprint density at radius 3 is 1.54 bits per heavy atom. The maximum absolute atomic E-state index is 12.6. The van der Waals surface area contributed by atoms with Crippen molar-refractivity contribution in [3.8, 4) is 0 Å². The van der Waals surface area contributed by atoms with Crippen molar-refractivity contribution in [2.45, 2.75) is 174 Å². The molecule has 0 aliphatic rings. The van der Waals surface area contributed by atoms with E-state index < -0.39 is 26.5 Å². The van der Waals surface area contributed by atoms with E-state index in [9.17, 15) is 19.0 Å². The van der Waals surface area contributed by atoms with Gasteiger partial charge in [-0.1, -0.05) is 129 Å². The number of quaternary nitrogens is 1. The van der Waals surface area contributed by atoms with Crippen molar-refractivity contribution in [3.63, 3.8) is 0 Å². The van der Waals surface area contributed by atoms with Crippen LogP contribution in [0.1, 0.15) is 168 Å². The van der Waals surface area contributed by atoms with E-state index in [-0.39, 0.29) is 32.0 Å². The van der Waals surface area contributed by atoms with Gasteiger partial charge in [0.25, 0.3) is 7.82 Å². The number of carbonyl (C=O) groups is 2. The first-order chi connectivity index (χ1) is 23.0. The number of allylic oxidation sites excluding steroid dienone is 2. The van der Waals surface area contributed by atoms with Crippen LogP contribution < -0.4 is 4.89 Å². The summed E-state index contributed by atoms with van der Waals surface area (Å²) in [6.07, 6.45) is 29.5. The minimum atomic E-state index is -4.61. The first-order valence-corrected chi connectivity index (χ1v) is 20.9. The number of hydrogen-bond donors (Lipinski definition) is 0. The molecule has 0 rings (SSSR count). The fraction of sp³-hybridized carbons (Fsp3) is 0.895. The Hall–Kier alpha value is -1.25. The van der Waals surface area contributed by atoms with Gasteiger partial charge in [0, 0.05) is 12.8 Å². The first kappa shape index (κ1) is 46.8. The second-order valence-electron chi connectivity index (χ2n) is 14.3. The summed E-state index contributed by atoms with van der Waals surface area (Å²) in [4.78, 5) is 37.2. The van der Waals surface area contributed by atoms with Crippen molar-refractivity contribution in [2.75, 3.05) is 47.5 Å². The van der Waals surface area contributed by atoms with Gasteiger partial charge in [0.05, 0.1) is 27.7 Å². The topological polar surface area (TPSA) is 111 Å². The first-order valence-electron chi connectivity index (χ1n) is 19.4. The summed E-state index contributed by atoms with van der Waals surface area (Å²) in [7, 11) is 1.16. The Morgan fingerprint density at radius 1 is 0.625 bits per heavy atom. The fourth-order valence-corrected chi connectivity index (χ4v) is 5.91. The molecule has 48 heavy (non-hydrogen) atoms. The minimum absolute atomic E-state index is 0.0298. The maximum atomic E-state index is 12.6. The van der Waals surface area contributed by atoms with Crippen LogP contribution in [0.5, 0.6) is 0 Å². The number of nitrogens with zero attached hydrogens (tertiary/aromatic N) is 1. The summed E-state index contributed by atoms with van der Waals surface area (Å²) in [5.41, 5.74) is 0. The van der Waals surface area contributed by atoms with Crippen LogP contribution in [-0.2, 0) is 32.7 Å². The van der Waals surface area contributed by atoms with E-state index >= 15 is 0 Å². The molecular formula is C38H74NO8P. The number of carbonyl (C=O) groups excluding carboxylic acids is 2. The molecule has 0 aliphatic carbocycles. The second-order valence-corrected chi connectivity index (χ2v) is 15.7. The molecule has 2 unspecified atom stereocenters. The molecule has 0 N–H and O–H groups in total. The van der Waals surface area contributed by atoms with E-state index in [0.29, 0.717) is 17.4 Å². The molecular weight excluding hydrogens is 629 g/mol. The smallest absolute Gasteiger partial charge is 0.306 e. The molecule has 10 heteroatoms. The molecule has 2 atom stereocenters. The normalized spacial score (nSPS) is 13.9. The average molecular weight is 704 g/mol. The molecule has 0 spiro atoms. The Kier molecular flexibility index (Phi) is 30.9. The molecule has 0 heterocycles. The van der Waals surface area contributed by atoms with Crippen LogP contribution in [0.2, 0.25) is 0 Å². The van der Waals surface area contributed by atoms with E-state index in [1.54, 1.807) is 0 Å². The predicted molar refractivity (Wildman–Crippen MR) is 195 cm³/mol. The highest BCUT2D eigenvalue weighted by Gasteiger charge is 2.21. The third-order valence-electron chi connectivity index (χ3n) is 8.29. The highest BCUT2D eigenvalue weighted by atomic mass is 31.2. The SMILES string of the molecule is CCCCCCCC/C=C\CCCCCCCC(=O)OC(COC(=O)CCCCCCCCCCC)COP(=O)([O-])OCC[N+](C)(C)C. The largest absolute Gasteiger partial charge is 0.756 e. The van der Waals surface area contributed by atoms with Gasteiger partial charge in [0.15, 0.2) is 6.10 Å². The van der Waals surface area contributed by atoms with Gasteiger partial charge >= 0.3 is 11.9 Å². The summed E-state index contributed by atoms with van der Waals surface area (Å²) in [6.45, 7) is 4.18. The van der Waals surface area contributed by atoms with Gasteiger partial charge in [-0.05, 0) is 38.5 Å². The zero-order valence-corrected chi connectivity index (χ0v) is 32.6. The van der Waals surface area contributed by atoms with Crippen molar-refractivity contribution < 1.29 is 42.1 Å². The number of phosphoric acid groups is 1. The number of rotatable bonds is 35. The maximum Gasteiger partial charge on any atom is 0.306 e. The molecule has 0 bridgehead atoms. The third kappa shape index (κ3) is 34.6. The van der Waals surface area contributed by atoms with Crippen LogP contribution in [0.4, 0.5) is 0 Å². The van der Waals surface area contributed by atoms with E-state index in [1.165, 1.54) is 83.5 Å². The molecule has 0 aromatic heterocycles. The van der Waals surface area contributed by atoms with Gasteiger partial charge in [0.1, 0.15) is 19.8 Å². The van der Waals surface area contributed by atoms with E-state index in [4.69, 9.17) is 18.5 Å². The van der Waals surface area contributed by atoms with Crippen LogP contribution in [0.3, 0.4) is 0 Å². The zero-order chi connectivity index (χ0) is 35.8. The molecule has 0 aromatic carbocycles. The number of esters is 2.